The number of aromatic nitrogens is 1. The molecule has 1 aromatic carbocycles. The lowest BCUT2D eigenvalue weighted by atomic mass is 9.96. The second-order valence-electron chi connectivity index (χ2n) is 6.47. The first-order chi connectivity index (χ1) is 12.1. The van der Waals surface area contributed by atoms with Crippen molar-refractivity contribution in [3.8, 4) is 0 Å². The van der Waals surface area contributed by atoms with Crippen LogP contribution in [0.25, 0.3) is 0 Å². The van der Waals surface area contributed by atoms with Gasteiger partial charge in [0, 0.05) is 31.0 Å². The van der Waals surface area contributed by atoms with E-state index in [2.05, 4.69) is 10.3 Å². The molecule has 1 saturated heterocycles. The third-order valence-electron chi connectivity index (χ3n) is 4.64. The number of hydrogen-bond acceptors (Lipinski definition) is 3. The van der Waals surface area contributed by atoms with Gasteiger partial charge in [-0.2, -0.15) is 0 Å². The van der Waals surface area contributed by atoms with Crippen LogP contribution in [-0.4, -0.2) is 34.8 Å². The minimum Gasteiger partial charge on any atom is -0.349 e. The number of likely N-dealkylation sites (tertiary alicyclic amines) is 1. The minimum atomic E-state index is -0.166. The number of carbonyl (C=O) groups excluding carboxylic acids is 2. The molecule has 1 aliphatic rings. The first-order valence-corrected chi connectivity index (χ1v) is 8.70. The Hall–Kier alpha value is -2.69. The van der Waals surface area contributed by atoms with E-state index in [9.17, 15) is 9.59 Å². The van der Waals surface area contributed by atoms with E-state index in [4.69, 9.17) is 0 Å². The molecule has 0 radical (unpaired) electrons. The van der Waals surface area contributed by atoms with Crippen molar-refractivity contribution in [1.29, 1.82) is 0 Å². The van der Waals surface area contributed by atoms with Gasteiger partial charge in [0.25, 0.3) is 5.91 Å². The van der Waals surface area contributed by atoms with Crippen molar-refractivity contribution in [3.63, 3.8) is 0 Å². The Morgan fingerprint density at radius 1 is 1.20 bits per heavy atom. The van der Waals surface area contributed by atoms with E-state index in [1.165, 1.54) is 0 Å². The fourth-order valence-corrected chi connectivity index (χ4v) is 3.19. The first kappa shape index (κ1) is 17.1. The average molecular weight is 337 g/mol. The second kappa shape index (κ2) is 7.92. The highest BCUT2D eigenvalue weighted by molar-refractivity contribution is 5.94. The maximum atomic E-state index is 12.6. The number of hydrogen-bond donors (Lipinski definition) is 1. The van der Waals surface area contributed by atoms with Crippen LogP contribution in [0.4, 0.5) is 0 Å². The fraction of sp³-hybridized carbons (Fsp3) is 0.350. The van der Waals surface area contributed by atoms with E-state index in [-0.39, 0.29) is 23.8 Å². The molecule has 2 aromatic rings. The van der Waals surface area contributed by atoms with Crippen LogP contribution in [-0.2, 0) is 4.79 Å². The monoisotopic (exact) mass is 337 g/mol. The first-order valence-electron chi connectivity index (χ1n) is 8.70. The van der Waals surface area contributed by atoms with Crippen molar-refractivity contribution in [2.75, 3.05) is 13.1 Å². The molecule has 0 aliphatic carbocycles. The smallest absolute Gasteiger partial charge is 0.253 e. The van der Waals surface area contributed by atoms with Gasteiger partial charge in [0.1, 0.15) is 0 Å². The molecule has 130 valence electrons. The summed E-state index contributed by atoms with van der Waals surface area (Å²) in [5.41, 5.74) is 1.65. The van der Waals surface area contributed by atoms with Crippen molar-refractivity contribution in [2.24, 2.45) is 5.92 Å². The molecule has 1 N–H and O–H groups in total. The van der Waals surface area contributed by atoms with Gasteiger partial charge >= 0.3 is 0 Å². The summed E-state index contributed by atoms with van der Waals surface area (Å²) in [4.78, 5) is 31.1. The molecule has 0 unspecified atom stereocenters. The zero-order valence-corrected chi connectivity index (χ0v) is 14.4. The van der Waals surface area contributed by atoms with Crippen molar-refractivity contribution >= 4 is 11.8 Å². The van der Waals surface area contributed by atoms with E-state index in [0.29, 0.717) is 18.7 Å². The maximum absolute atomic E-state index is 12.6. The van der Waals surface area contributed by atoms with Crippen molar-refractivity contribution < 1.29 is 9.59 Å². The summed E-state index contributed by atoms with van der Waals surface area (Å²) >= 11 is 0. The van der Waals surface area contributed by atoms with E-state index >= 15 is 0 Å². The summed E-state index contributed by atoms with van der Waals surface area (Å²) in [5.74, 6) is -0.166. The molecule has 1 aromatic heterocycles. The Morgan fingerprint density at radius 3 is 2.72 bits per heavy atom. The molecule has 5 heteroatoms. The van der Waals surface area contributed by atoms with Crippen molar-refractivity contribution in [3.05, 3.63) is 66.0 Å². The largest absolute Gasteiger partial charge is 0.349 e. The molecule has 3 rings (SSSR count). The van der Waals surface area contributed by atoms with Crippen LogP contribution in [0.15, 0.2) is 54.9 Å². The van der Waals surface area contributed by atoms with E-state index < -0.39 is 0 Å². The number of nitrogens with one attached hydrogen (secondary N) is 1. The van der Waals surface area contributed by atoms with Gasteiger partial charge < -0.3 is 10.2 Å². The molecule has 1 fully saturated rings. The summed E-state index contributed by atoms with van der Waals surface area (Å²) in [6.07, 6.45) is 5.13. The summed E-state index contributed by atoms with van der Waals surface area (Å²) in [7, 11) is 0. The van der Waals surface area contributed by atoms with Gasteiger partial charge in [-0.1, -0.05) is 24.3 Å². The molecule has 2 amide bonds. The number of pyridine rings is 1. The van der Waals surface area contributed by atoms with E-state index in [1.807, 2.05) is 49.4 Å². The summed E-state index contributed by atoms with van der Waals surface area (Å²) < 4.78 is 0. The molecule has 0 bridgehead atoms. The van der Waals surface area contributed by atoms with Crippen LogP contribution >= 0.6 is 0 Å². The molecule has 2 atom stereocenters. The lowest BCUT2D eigenvalue weighted by Crippen LogP contribution is -2.45. The molecular weight excluding hydrogens is 314 g/mol. The van der Waals surface area contributed by atoms with Crippen molar-refractivity contribution in [2.45, 2.75) is 25.8 Å². The quantitative estimate of drug-likeness (QED) is 0.933. The lowest BCUT2D eigenvalue weighted by molar-refractivity contribution is -0.127. The lowest BCUT2D eigenvalue weighted by Gasteiger charge is -2.32. The Labute approximate surface area is 148 Å². The van der Waals surface area contributed by atoms with Crippen LogP contribution in [0.1, 0.15) is 41.7 Å². The summed E-state index contributed by atoms with van der Waals surface area (Å²) in [6.45, 7) is 3.12. The third kappa shape index (κ3) is 4.24. The topological polar surface area (TPSA) is 62.3 Å². The highest BCUT2D eigenvalue weighted by Gasteiger charge is 2.29. The molecular formula is C20H23N3O2. The van der Waals surface area contributed by atoms with Crippen LogP contribution in [0.2, 0.25) is 0 Å². The van der Waals surface area contributed by atoms with Gasteiger partial charge in [-0.3, -0.25) is 14.6 Å². The van der Waals surface area contributed by atoms with Gasteiger partial charge in [-0.25, -0.2) is 0 Å². The highest BCUT2D eigenvalue weighted by atomic mass is 16.2. The second-order valence-corrected chi connectivity index (χ2v) is 6.47. The van der Waals surface area contributed by atoms with E-state index in [1.54, 1.807) is 17.3 Å². The predicted molar refractivity (Wildman–Crippen MR) is 95.9 cm³/mol. The number of nitrogens with zero attached hydrogens (tertiary/aromatic N) is 2. The van der Waals surface area contributed by atoms with Crippen LogP contribution in [0, 0.1) is 5.92 Å². The highest BCUT2D eigenvalue weighted by Crippen LogP contribution is 2.20. The molecule has 0 saturated carbocycles. The SMILES string of the molecule is C[C@@H](NC(=O)[C@H]1CCCN(C(=O)c2ccccc2)C1)c1cccnc1. The maximum Gasteiger partial charge on any atom is 0.253 e. The molecule has 2 heterocycles. The molecule has 1 aliphatic heterocycles. The average Bonchev–Trinajstić information content (AvgIpc) is 2.68. The Morgan fingerprint density at radius 2 is 2.00 bits per heavy atom. The zero-order chi connectivity index (χ0) is 17.6. The number of rotatable bonds is 4. The minimum absolute atomic E-state index is 0.00147. The Bertz CT molecular complexity index is 718. The summed E-state index contributed by atoms with van der Waals surface area (Å²) in [6, 6.07) is 13.0. The number of piperidine rings is 1. The molecule has 0 spiro atoms. The van der Waals surface area contributed by atoms with Crippen LogP contribution < -0.4 is 5.32 Å². The van der Waals surface area contributed by atoms with Crippen molar-refractivity contribution in [1.82, 2.24) is 15.2 Å². The van der Waals surface area contributed by atoms with Gasteiger partial charge in [0.2, 0.25) is 5.91 Å². The standard InChI is InChI=1S/C20H23N3O2/c1-15(17-9-5-11-21-13-17)22-19(24)18-10-6-12-23(14-18)20(25)16-7-3-2-4-8-16/h2-5,7-9,11,13,15,18H,6,10,12,14H2,1H3,(H,22,24)/t15-,18+/m1/s1. The fourth-order valence-electron chi connectivity index (χ4n) is 3.19. The Balaban J connectivity index is 1.61. The zero-order valence-electron chi connectivity index (χ0n) is 14.4. The molecule has 25 heavy (non-hydrogen) atoms. The van der Waals surface area contributed by atoms with Gasteiger partial charge in [-0.15, -0.1) is 0 Å². The summed E-state index contributed by atoms with van der Waals surface area (Å²) in [5, 5.41) is 3.05. The number of amides is 2. The van der Waals surface area contributed by atoms with Crippen LogP contribution in [0.5, 0.6) is 0 Å². The number of benzene rings is 1. The van der Waals surface area contributed by atoms with Gasteiger partial charge in [0.05, 0.1) is 12.0 Å². The normalized spacial score (nSPS) is 18.4. The van der Waals surface area contributed by atoms with Gasteiger partial charge in [0.15, 0.2) is 0 Å². The van der Waals surface area contributed by atoms with Crippen LogP contribution in [0.3, 0.4) is 0 Å². The van der Waals surface area contributed by atoms with E-state index in [0.717, 1.165) is 18.4 Å². The Kier molecular flexibility index (Phi) is 5.43. The predicted octanol–water partition coefficient (Wildman–Crippen LogP) is 2.81. The third-order valence-corrected chi connectivity index (χ3v) is 4.64. The molecule has 5 nitrogen and oxygen atoms in total. The van der Waals surface area contributed by atoms with Gasteiger partial charge in [-0.05, 0) is 43.5 Å². The number of carbonyl (C=O) groups is 2.